The standard InChI is InChI=1S/2C20H23BN2O3/c2*1-13-6-11-17-16(12-13)23-18(24-17)22-15-9-7-14(8-10-15)21-25-19(2,3)20(4,5)26-21/h2*6-12H,1-5H3,(H,22,23). The Morgan fingerprint density at radius 1 is 0.462 bits per heavy atom. The van der Waals surface area contributed by atoms with Gasteiger partial charge in [0.1, 0.15) is 11.0 Å². The maximum absolute atomic E-state index is 6.09. The van der Waals surface area contributed by atoms with Crippen LogP contribution in [0.15, 0.2) is 93.8 Å². The molecule has 52 heavy (non-hydrogen) atoms. The molecule has 0 amide bonds. The van der Waals surface area contributed by atoms with E-state index in [9.17, 15) is 0 Å². The van der Waals surface area contributed by atoms with E-state index in [-0.39, 0.29) is 36.6 Å². The van der Waals surface area contributed by atoms with Crippen molar-refractivity contribution < 1.29 is 27.5 Å². The molecule has 2 aromatic heterocycles. The van der Waals surface area contributed by atoms with Gasteiger partial charge in [0.05, 0.1) is 22.4 Å². The number of nitrogens with zero attached hydrogens (tertiary/aromatic N) is 2. The van der Waals surface area contributed by atoms with Crippen LogP contribution in [0.25, 0.3) is 22.2 Å². The van der Waals surface area contributed by atoms with Gasteiger partial charge in [0.25, 0.3) is 12.0 Å². The van der Waals surface area contributed by atoms with Crippen LogP contribution in [0.1, 0.15) is 66.5 Å². The van der Waals surface area contributed by atoms with E-state index in [1.165, 1.54) is 0 Å². The van der Waals surface area contributed by atoms with Crippen LogP contribution in [0.2, 0.25) is 0 Å². The van der Waals surface area contributed by atoms with Crippen molar-refractivity contribution in [3.8, 4) is 0 Å². The quantitative estimate of drug-likeness (QED) is 0.164. The maximum Gasteiger partial charge on any atom is 0.494 e. The second-order valence-corrected chi connectivity index (χ2v) is 15.7. The predicted molar refractivity (Wildman–Crippen MR) is 208 cm³/mol. The SMILES string of the molecule is Cc1ccc2oc(Nc3ccc(B4OC(C)(C)C(C)(C)O4)cc3)nc2c1.Cc1ccc2oc(Nc3ccc(B4OC(C)(C)C(C)(C)O4)cc3)nc2c1. The third-order valence-corrected chi connectivity index (χ3v) is 10.5. The Morgan fingerprint density at radius 2 is 0.788 bits per heavy atom. The van der Waals surface area contributed by atoms with Crippen molar-refractivity contribution >= 4 is 70.8 Å². The fourth-order valence-electron chi connectivity index (χ4n) is 5.83. The molecule has 2 aliphatic heterocycles. The van der Waals surface area contributed by atoms with Crippen LogP contribution >= 0.6 is 0 Å². The molecule has 4 heterocycles. The molecular formula is C40H46B2N4O6. The Kier molecular flexibility index (Phi) is 9.02. The van der Waals surface area contributed by atoms with Crippen molar-refractivity contribution in [1.29, 1.82) is 0 Å². The third-order valence-electron chi connectivity index (χ3n) is 10.5. The second-order valence-electron chi connectivity index (χ2n) is 15.7. The van der Waals surface area contributed by atoms with E-state index < -0.39 is 0 Å². The number of nitrogens with one attached hydrogen (secondary N) is 2. The van der Waals surface area contributed by atoms with Crippen LogP contribution in [0.4, 0.5) is 23.4 Å². The first-order chi connectivity index (χ1) is 24.5. The van der Waals surface area contributed by atoms with Crippen LogP contribution in [-0.2, 0) is 18.6 Å². The lowest BCUT2D eigenvalue weighted by molar-refractivity contribution is 0.00578. The minimum absolute atomic E-state index is 0.342. The van der Waals surface area contributed by atoms with Gasteiger partial charge in [0.15, 0.2) is 11.2 Å². The molecule has 8 rings (SSSR count). The molecule has 2 N–H and O–H groups in total. The molecule has 0 atom stereocenters. The van der Waals surface area contributed by atoms with Gasteiger partial charge in [-0.3, -0.25) is 0 Å². The summed E-state index contributed by atoms with van der Waals surface area (Å²) in [5.74, 6) is 0. The van der Waals surface area contributed by atoms with E-state index in [1.54, 1.807) is 0 Å². The summed E-state index contributed by atoms with van der Waals surface area (Å²) in [4.78, 5) is 8.96. The van der Waals surface area contributed by atoms with Crippen LogP contribution in [-0.4, -0.2) is 46.6 Å². The lowest BCUT2D eigenvalue weighted by atomic mass is 9.79. The molecule has 2 aliphatic rings. The Labute approximate surface area is 305 Å². The lowest BCUT2D eigenvalue weighted by Gasteiger charge is -2.32. The number of rotatable bonds is 6. The minimum atomic E-state index is -0.360. The number of hydrogen-bond acceptors (Lipinski definition) is 10. The number of hydrogen-bond donors (Lipinski definition) is 2. The fourth-order valence-corrected chi connectivity index (χ4v) is 5.83. The highest BCUT2D eigenvalue weighted by atomic mass is 16.7. The van der Waals surface area contributed by atoms with E-state index >= 15 is 0 Å². The van der Waals surface area contributed by atoms with Gasteiger partial charge in [-0.25, -0.2) is 0 Å². The Hall–Kier alpha value is -4.61. The van der Waals surface area contributed by atoms with E-state index in [0.717, 1.165) is 55.6 Å². The summed E-state index contributed by atoms with van der Waals surface area (Å²) in [5, 5.41) is 6.41. The monoisotopic (exact) mass is 700 g/mol. The summed E-state index contributed by atoms with van der Waals surface area (Å²) in [5.41, 5.74) is 7.95. The number of oxazole rings is 2. The van der Waals surface area contributed by atoms with Crippen molar-refractivity contribution in [2.45, 2.75) is 91.6 Å². The number of benzene rings is 4. The molecule has 0 bridgehead atoms. The molecule has 12 heteroatoms. The molecule has 4 aromatic carbocycles. The normalized spacial score (nSPS) is 18.4. The highest BCUT2D eigenvalue weighted by Crippen LogP contribution is 2.37. The molecule has 2 fully saturated rings. The van der Waals surface area contributed by atoms with E-state index in [1.807, 2.05) is 98.8 Å². The van der Waals surface area contributed by atoms with Gasteiger partial charge in [-0.15, -0.1) is 0 Å². The van der Waals surface area contributed by atoms with Gasteiger partial charge < -0.3 is 38.1 Å². The number of fused-ring (bicyclic) bond motifs is 2. The summed E-state index contributed by atoms with van der Waals surface area (Å²) in [6, 6.07) is 28.7. The van der Waals surface area contributed by atoms with Crippen LogP contribution in [0, 0.1) is 13.8 Å². The van der Waals surface area contributed by atoms with Gasteiger partial charge in [0, 0.05) is 11.4 Å². The Balaban J connectivity index is 0.000000162. The molecular weight excluding hydrogens is 654 g/mol. The molecule has 6 aromatic rings. The molecule has 0 unspecified atom stereocenters. The number of aromatic nitrogens is 2. The molecule has 10 nitrogen and oxygen atoms in total. The first-order valence-corrected chi connectivity index (χ1v) is 17.7. The van der Waals surface area contributed by atoms with E-state index in [2.05, 4.69) is 76.0 Å². The molecule has 0 spiro atoms. The van der Waals surface area contributed by atoms with E-state index in [0.29, 0.717) is 12.0 Å². The maximum atomic E-state index is 6.09. The summed E-state index contributed by atoms with van der Waals surface area (Å²) < 4.78 is 35.8. The number of aryl methyl sites for hydroxylation is 2. The highest BCUT2D eigenvalue weighted by molar-refractivity contribution is 6.62. The average molecular weight is 700 g/mol. The van der Waals surface area contributed by atoms with E-state index in [4.69, 9.17) is 27.5 Å². The van der Waals surface area contributed by atoms with Crippen molar-refractivity contribution in [3.05, 3.63) is 96.1 Å². The third kappa shape index (κ3) is 7.21. The second kappa shape index (κ2) is 13.1. The zero-order valence-corrected chi connectivity index (χ0v) is 31.6. The Bertz CT molecular complexity index is 2020. The van der Waals surface area contributed by atoms with Crippen molar-refractivity contribution in [2.75, 3.05) is 10.6 Å². The lowest BCUT2D eigenvalue weighted by Crippen LogP contribution is -2.41. The van der Waals surface area contributed by atoms with Crippen LogP contribution in [0.5, 0.6) is 0 Å². The molecule has 0 saturated carbocycles. The largest absolute Gasteiger partial charge is 0.494 e. The first kappa shape index (κ1) is 35.8. The highest BCUT2D eigenvalue weighted by Gasteiger charge is 2.52. The van der Waals surface area contributed by atoms with Crippen molar-refractivity contribution in [3.63, 3.8) is 0 Å². The summed E-state index contributed by atoms with van der Waals surface area (Å²) in [6.07, 6.45) is 0. The minimum Gasteiger partial charge on any atom is -0.423 e. The van der Waals surface area contributed by atoms with Gasteiger partial charge in [-0.1, -0.05) is 36.4 Å². The first-order valence-electron chi connectivity index (χ1n) is 17.7. The molecule has 268 valence electrons. The molecule has 0 aliphatic carbocycles. The number of anilines is 4. The van der Waals surface area contributed by atoms with Crippen LogP contribution in [0.3, 0.4) is 0 Å². The smallest absolute Gasteiger partial charge is 0.423 e. The zero-order valence-electron chi connectivity index (χ0n) is 31.6. The van der Waals surface area contributed by atoms with Gasteiger partial charge >= 0.3 is 14.2 Å². The summed E-state index contributed by atoms with van der Waals surface area (Å²) >= 11 is 0. The Morgan fingerprint density at radius 3 is 1.12 bits per heavy atom. The summed E-state index contributed by atoms with van der Waals surface area (Å²) in [7, 11) is -0.720. The molecule has 2 saturated heterocycles. The van der Waals surface area contributed by atoms with Crippen LogP contribution < -0.4 is 21.6 Å². The zero-order chi connectivity index (χ0) is 37.1. The topological polar surface area (TPSA) is 113 Å². The van der Waals surface area contributed by atoms with Gasteiger partial charge in [-0.2, -0.15) is 9.97 Å². The van der Waals surface area contributed by atoms with Crippen molar-refractivity contribution in [1.82, 2.24) is 9.97 Å². The predicted octanol–water partition coefficient (Wildman–Crippen LogP) is 8.36. The average Bonchev–Trinajstić information content (AvgIpc) is 3.77. The van der Waals surface area contributed by atoms with Gasteiger partial charge in [0.2, 0.25) is 0 Å². The molecule has 0 radical (unpaired) electrons. The van der Waals surface area contributed by atoms with Crippen molar-refractivity contribution in [2.24, 2.45) is 0 Å². The summed E-state index contributed by atoms with van der Waals surface area (Å²) in [6.45, 7) is 20.5. The fraction of sp³-hybridized carbons (Fsp3) is 0.350. The van der Waals surface area contributed by atoms with Gasteiger partial charge in [-0.05, 0) is 140 Å².